The highest BCUT2D eigenvalue weighted by Gasteiger charge is 2.65. The van der Waals surface area contributed by atoms with Crippen LogP contribution >= 0.6 is 0 Å². The van der Waals surface area contributed by atoms with Crippen LogP contribution in [0, 0.1) is 11.8 Å². The average molecular weight is 270 g/mol. The minimum absolute atomic E-state index is 0.295. The van der Waals surface area contributed by atoms with Crippen molar-refractivity contribution >= 4 is 11.9 Å². The van der Waals surface area contributed by atoms with E-state index in [9.17, 15) is 9.59 Å². The molecule has 0 radical (unpaired) electrons. The average Bonchev–Trinajstić information content (AvgIpc) is 3.14. The van der Waals surface area contributed by atoms with Crippen LogP contribution in [-0.4, -0.2) is 44.2 Å². The molecule has 0 aromatic heterocycles. The van der Waals surface area contributed by atoms with Crippen molar-refractivity contribution in [2.75, 3.05) is 14.2 Å². The van der Waals surface area contributed by atoms with Crippen LogP contribution in [0.5, 0.6) is 0 Å². The Balaban J connectivity index is 1.83. The van der Waals surface area contributed by atoms with Crippen LogP contribution in [0.2, 0.25) is 0 Å². The molecule has 1 saturated heterocycles. The number of esters is 2. The molecule has 1 heterocycles. The number of rotatable bonds is 2. The topological polar surface area (TPSA) is 71.1 Å². The Morgan fingerprint density at radius 2 is 1.68 bits per heavy atom. The molecule has 0 aromatic carbocycles. The normalized spacial score (nSPS) is 43.7. The maximum Gasteiger partial charge on any atom is 0.338 e. The van der Waals surface area contributed by atoms with E-state index in [1.807, 2.05) is 0 Å². The fourth-order valence-corrected chi connectivity index (χ4v) is 3.35. The Morgan fingerprint density at radius 1 is 1.11 bits per heavy atom. The third-order valence-electron chi connectivity index (χ3n) is 4.38. The SMILES string of the molecule is COC(=O)C1OC2(CCCC3CC32)O[C@H]1C(=O)OC. The number of carbonyl (C=O) groups is 2. The molecule has 106 valence electrons. The quantitative estimate of drug-likeness (QED) is 0.685. The first-order valence-electron chi connectivity index (χ1n) is 6.62. The molecular weight excluding hydrogens is 252 g/mol. The monoisotopic (exact) mass is 270 g/mol. The van der Waals surface area contributed by atoms with Crippen molar-refractivity contribution in [2.45, 2.75) is 43.7 Å². The lowest BCUT2D eigenvalue weighted by atomic mass is 9.94. The van der Waals surface area contributed by atoms with E-state index in [0.29, 0.717) is 11.8 Å². The molecular formula is C13H18O6. The molecule has 0 aromatic rings. The van der Waals surface area contributed by atoms with E-state index < -0.39 is 29.9 Å². The summed E-state index contributed by atoms with van der Waals surface area (Å²) in [6, 6.07) is 0. The Labute approximate surface area is 111 Å². The highest BCUT2D eigenvalue weighted by Crippen LogP contribution is 2.59. The number of methoxy groups -OCH3 is 2. The van der Waals surface area contributed by atoms with E-state index in [1.165, 1.54) is 20.6 Å². The van der Waals surface area contributed by atoms with Gasteiger partial charge in [0.15, 0.2) is 18.0 Å². The lowest BCUT2D eigenvalue weighted by molar-refractivity contribution is -0.211. The molecule has 0 N–H and O–H groups in total. The minimum atomic E-state index is -1.02. The summed E-state index contributed by atoms with van der Waals surface area (Å²) in [7, 11) is 2.54. The summed E-state index contributed by atoms with van der Waals surface area (Å²) in [5.41, 5.74) is 0. The van der Waals surface area contributed by atoms with Crippen LogP contribution in [0.4, 0.5) is 0 Å². The van der Waals surface area contributed by atoms with Crippen LogP contribution in [0.15, 0.2) is 0 Å². The summed E-state index contributed by atoms with van der Waals surface area (Å²) in [6.07, 6.45) is 1.89. The van der Waals surface area contributed by atoms with Gasteiger partial charge in [0.25, 0.3) is 0 Å². The minimum Gasteiger partial charge on any atom is -0.467 e. The van der Waals surface area contributed by atoms with Gasteiger partial charge in [-0.1, -0.05) is 0 Å². The summed E-state index contributed by atoms with van der Waals surface area (Å²) in [5.74, 6) is -1.07. The van der Waals surface area contributed by atoms with Gasteiger partial charge in [-0.2, -0.15) is 0 Å². The highest BCUT2D eigenvalue weighted by molar-refractivity contribution is 5.86. The molecule has 3 rings (SSSR count). The first kappa shape index (κ1) is 12.9. The molecule has 6 heteroatoms. The van der Waals surface area contributed by atoms with Gasteiger partial charge in [-0.15, -0.1) is 0 Å². The fourth-order valence-electron chi connectivity index (χ4n) is 3.35. The second kappa shape index (κ2) is 4.45. The van der Waals surface area contributed by atoms with Crippen molar-refractivity contribution in [3.05, 3.63) is 0 Å². The van der Waals surface area contributed by atoms with E-state index in [4.69, 9.17) is 18.9 Å². The smallest absolute Gasteiger partial charge is 0.338 e. The van der Waals surface area contributed by atoms with Crippen molar-refractivity contribution in [2.24, 2.45) is 11.8 Å². The van der Waals surface area contributed by atoms with Crippen LogP contribution < -0.4 is 0 Å². The van der Waals surface area contributed by atoms with E-state index in [-0.39, 0.29) is 0 Å². The molecule has 3 fully saturated rings. The molecule has 5 atom stereocenters. The first-order chi connectivity index (χ1) is 9.11. The predicted molar refractivity (Wildman–Crippen MR) is 62.0 cm³/mol. The van der Waals surface area contributed by atoms with E-state index in [2.05, 4.69) is 0 Å². The summed E-state index contributed by atoms with van der Waals surface area (Å²) >= 11 is 0. The maximum absolute atomic E-state index is 11.8. The number of fused-ring (bicyclic) bond motifs is 2. The van der Waals surface area contributed by atoms with Gasteiger partial charge in [0.2, 0.25) is 0 Å². The second-order valence-corrected chi connectivity index (χ2v) is 5.43. The van der Waals surface area contributed by atoms with Crippen LogP contribution in [0.3, 0.4) is 0 Å². The molecule has 6 nitrogen and oxygen atoms in total. The Hall–Kier alpha value is -1.14. The molecule has 3 aliphatic rings. The molecule has 0 amide bonds. The molecule has 19 heavy (non-hydrogen) atoms. The van der Waals surface area contributed by atoms with Gasteiger partial charge in [0.1, 0.15) is 0 Å². The third kappa shape index (κ3) is 1.94. The Morgan fingerprint density at radius 3 is 2.21 bits per heavy atom. The summed E-state index contributed by atoms with van der Waals surface area (Å²) < 4.78 is 21.0. The molecule has 2 aliphatic carbocycles. The Kier molecular flexibility index (Phi) is 3.02. The lowest BCUT2D eigenvalue weighted by Gasteiger charge is -2.31. The predicted octanol–water partition coefficient (Wildman–Crippen LogP) is 0.633. The molecule has 1 aliphatic heterocycles. The molecule has 2 saturated carbocycles. The maximum atomic E-state index is 11.8. The van der Waals surface area contributed by atoms with Gasteiger partial charge in [0.05, 0.1) is 14.2 Å². The largest absolute Gasteiger partial charge is 0.467 e. The van der Waals surface area contributed by atoms with E-state index >= 15 is 0 Å². The number of hydrogen-bond acceptors (Lipinski definition) is 6. The third-order valence-corrected chi connectivity index (χ3v) is 4.38. The van der Waals surface area contributed by atoms with Gasteiger partial charge < -0.3 is 18.9 Å². The molecule has 1 spiro atoms. The zero-order valence-corrected chi connectivity index (χ0v) is 11.1. The summed E-state index contributed by atoms with van der Waals surface area (Å²) in [5, 5.41) is 0. The van der Waals surface area contributed by atoms with Crippen LogP contribution in [0.1, 0.15) is 25.7 Å². The summed E-state index contributed by atoms with van der Waals surface area (Å²) in [4.78, 5) is 23.5. The number of hydrogen-bond donors (Lipinski definition) is 0. The van der Waals surface area contributed by atoms with Gasteiger partial charge >= 0.3 is 11.9 Å². The standard InChI is InChI=1S/C13H18O6/c1-16-11(14)9-10(12(15)17-2)19-13(18-9)5-3-4-7-6-8(7)13/h7-10H,3-6H2,1-2H3/t7?,8?,9-,10?,13?/m1/s1. The van der Waals surface area contributed by atoms with Gasteiger partial charge in [-0.3, -0.25) is 0 Å². The Bertz CT molecular complexity index is 382. The van der Waals surface area contributed by atoms with Gasteiger partial charge in [0, 0.05) is 12.3 Å². The van der Waals surface area contributed by atoms with Crippen molar-refractivity contribution < 1.29 is 28.5 Å². The lowest BCUT2D eigenvalue weighted by Crippen LogP contribution is -2.38. The zero-order valence-electron chi connectivity index (χ0n) is 11.1. The van der Waals surface area contributed by atoms with E-state index in [1.54, 1.807) is 0 Å². The number of carbonyl (C=O) groups excluding carboxylic acids is 2. The first-order valence-corrected chi connectivity index (χ1v) is 6.62. The zero-order chi connectivity index (χ0) is 13.6. The summed E-state index contributed by atoms with van der Waals surface area (Å²) in [6.45, 7) is 0. The highest BCUT2D eigenvalue weighted by atomic mass is 16.8. The fraction of sp³-hybridized carbons (Fsp3) is 0.846. The van der Waals surface area contributed by atoms with Crippen molar-refractivity contribution in [1.82, 2.24) is 0 Å². The van der Waals surface area contributed by atoms with E-state index in [0.717, 1.165) is 19.3 Å². The van der Waals surface area contributed by atoms with Crippen LogP contribution in [-0.2, 0) is 28.5 Å². The van der Waals surface area contributed by atoms with Gasteiger partial charge in [-0.25, -0.2) is 9.59 Å². The van der Waals surface area contributed by atoms with Crippen LogP contribution in [0.25, 0.3) is 0 Å². The van der Waals surface area contributed by atoms with Crippen molar-refractivity contribution in [1.29, 1.82) is 0 Å². The van der Waals surface area contributed by atoms with Gasteiger partial charge in [-0.05, 0) is 25.2 Å². The van der Waals surface area contributed by atoms with Crippen molar-refractivity contribution in [3.63, 3.8) is 0 Å². The van der Waals surface area contributed by atoms with Crippen molar-refractivity contribution in [3.8, 4) is 0 Å². The molecule has 0 bridgehead atoms. The second-order valence-electron chi connectivity index (χ2n) is 5.43. The molecule has 4 unspecified atom stereocenters. The number of ether oxygens (including phenoxy) is 4.